The largest absolute Gasteiger partial charge is 0.314 e. The smallest absolute Gasteiger partial charge is 0.250 e. The van der Waals surface area contributed by atoms with Crippen molar-refractivity contribution in [1.29, 1.82) is 0 Å². The zero-order chi connectivity index (χ0) is 13.7. The Kier molecular flexibility index (Phi) is 4.93. The predicted octanol–water partition coefficient (Wildman–Crippen LogP) is 2.96. The molecule has 1 heterocycles. The van der Waals surface area contributed by atoms with Crippen LogP contribution in [0.5, 0.6) is 0 Å². The molecule has 0 spiro atoms. The minimum atomic E-state index is 0.0422. The SMILES string of the molecule is CC(NCCn1ccccc1=O)c1ccc(Br)cc1. The molecule has 1 aromatic heterocycles. The van der Waals surface area contributed by atoms with Crippen LogP contribution in [0.4, 0.5) is 0 Å². The number of nitrogens with one attached hydrogen (secondary N) is 1. The second-order valence-electron chi connectivity index (χ2n) is 4.46. The van der Waals surface area contributed by atoms with E-state index in [1.54, 1.807) is 16.7 Å². The van der Waals surface area contributed by atoms with Gasteiger partial charge in [-0.3, -0.25) is 4.79 Å². The normalized spacial score (nSPS) is 12.3. The molecule has 1 aromatic carbocycles. The fourth-order valence-corrected chi connectivity index (χ4v) is 2.18. The standard InChI is InChI=1S/C15H17BrN2O/c1-12(13-5-7-14(16)8-6-13)17-9-11-18-10-3-2-4-15(18)19/h2-8,10,12,17H,9,11H2,1H3. The van der Waals surface area contributed by atoms with E-state index in [1.807, 2.05) is 24.4 Å². The van der Waals surface area contributed by atoms with E-state index in [1.165, 1.54) is 5.56 Å². The molecule has 0 radical (unpaired) electrons. The Morgan fingerprint density at radius 3 is 2.63 bits per heavy atom. The van der Waals surface area contributed by atoms with Crippen LogP contribution in [0.3, 0.4) is 0 Å². The highest BCUT2D eigenvalue weighted by Crippen LogP contribution is 2.16. The molecule has 0 saturated carbocycles. The number of nitrogens with zero attached hydrogens (tertiary/aromatic N) is 1. The molecule has 0 aliphatic heterocycles. The van der Waals surface area contributed by atoms with Gasteiger partial charge in [0.1, 0.15) is 0 Å². The molecule has 19 heavy (non-hydrogen) atoms. The van der Waals surface area contributed by atoms with E-state index in [0.717, 1.165) is 11.0 Å². The lowest BCUT2D eigenvalue weighted by Crippen LogP contribution is -2.27. The van der Waals surface area contributed by atoms with Crippen LogP contribution in [-0.2, 0) is 6.54 Å². The Bertz CT molecular complexity index is 577. The van der Waals surface area contributed by atoms with Gasteiger partial charge in [0, 0.05) is 35.9 Å². The summed E-state index contributed by atoms with van der Waals surface area (Å²) in [6.45, 7) is 3.57. The van der Waals surface area contributed by atoms with Crippen molar-refractivity contribution in [2.45, 2.75) is 19.5 Å². The summed E-state index contributed by atoms with van der Waals surface area (Å²) in [5.41, 5.74) is 1.28. The summed E-state index contributed by atoms with van der Waals surface area (Å²) in [7, 11) is 0. The minimum absolute atomic E-state index is 0.0422. The van der Waals surface area contributed by atoms with Gasteiger partial charge in [-0.1, -0.05) is 34.1 Å². The van der Waals surface area contributed by atoms with Gasteiger partial charge < -0.3 is 9.88 Å². The summed E-state index contributed by atoms with van der Waals surface area (Å²) in [4.78, 5) is 11.5. The average Bonchev–Trinajstić information content (AvgIpc) is 2.41. The highest BCUT2D eigenvalue weighted by atomic mass is 79.9. The fraction of sp³-hybridized carbons (Fsp3) is 0.267. The topological polar surface area (TPSA) is 34.0 Å². The van der Waals surface area contributed by atoms with E-state index < -0.39 is 0 Å². The molecule has 0 amide bonds. The molecule has 0 aliphatic rings. The Balaban J connectivity index is 1.87. The Labute approximate surface area is 121 Å². The van der Waals surface area contributed by atoms with Crippen LogP contribution in [0.25, 0.3) is 0 Å². The minimum Gasteiger partial charge on any atom is -0.314 e. The van der Waals surface area contributed by atoms with Crippen LogP contribution in [-0.4, -0.2) is 11.1 Å². The van der Waals surface area contributed by atoms with Gasteiger partial charge in [0.2, 0.25) is 0 Å². The molecule has 2 rings (SSSR count). The van der Waals surface area contributed by atoms with Crippen molar-refractivity contribution in [2.75, 3.05) is 6.54 Å². The second-order valence-corrected chi connectivity index (χ2v) is 5.38. The van der Waals surface area contributed by atoms with Crippen LogP contribution >= 0.6 is 15.9 Å². The number of halogens is 1. The van der Waals surface area contributed by atoms with Gasteiger partial charge in [-0.15, -0.1) is 0 Å². The first-order chi connectivity index (χ1) is 9.16. The van der Waals surface area contributed by atoms with Gasteiger partial charge in [0.15, 0.2) is 0 Å². The summed E-state index contributed by atoms with van der Waals surface area (Å²) < 4.78 is 2.79. The zero-order valence-electron chi connectivity index (χ0n) is 10.8. The van der Waals surface area contributed by atoms with Crippen LogP contribution in [0, 0.1) is 0 Å². The monoisotopic (exact) mass is 320 g/mol. The van der Waals surface area contributed by atoms with Gasteiger partial charge in [-0.2, -0.15) is 0 Å². The number of pyridine rings is 1. The van der Waals surface area contributed by atoms with Crippen molar-refractivity contribution in [3.63, 3.8) is 0 Å². The molecule has 100 valence electrons. The molecule has 1 unspecified atom stereocenters. The van der Waals surface area contributed by atoms with Crippen LogP contribution in [0.15, 0.2) is 57.9 Å². The quantitative estimate of drug-likeness (QED) is 0.919. The molecule has 3 nitrogen and oxygen atoms in total. The first kappa shape index (κ1) is 14.0. The first-order valence-electron chi connectivity index (χ1n) is 6.31. The Morgan fingerprint density at radius 2 is 1.95 bits per heavy atom. The molecule has 0 fully saturated rings. The van der Waals surface area contributed by atoms with Crippen molar-refractivity contribution in [3.8, 4) is 0 Å². The van der Waals surface area contributed by atoms with Crippen LogP contribution in [0.2, 0.25) is 0 Å². The highest BCUT2D eigenvalue weighted by molar-refractivity contribution is 9.10. The molecular formula is C15H17BrN2O. The van der Waals surface area contributed by atoms with Crippen molar-refractivity contribution < 1.29 is 0 Å². The molecule has 1 N–H and O–H groups in total. The summed E-state index contributed by atoms with van der Waals surface area (Å²) in [5, 5.41) is 3.42. The third-order valence-electron chi connectivity index (χ3n) is 3.07. The van der Waals surface area contributed by atoms with Gasteiger partial charge >= 0.3 is 0 Å². The van der Waals surface area contributed by atoms with Gasteiger partial charge in [0.25, 0.3) is 5.56 Å². The third-order valence-corrected chi connectivity index (χ3v) is 3.60. The summed E-state index contributed by atoms with van der Waals surface area (Å²) in [6.07, 6.45) is 1.81. The maximum Gasteiger partial charge on any atom is 0.250 e. The molecule has 0 saturated heterocycles. The Morgan fingerprint density at radius 1 is 1.21 bits per heavy atom. The van der Waals surface area contributed by atoms with Crippen molar-refractivity contribution in [2.24, 2.45) is 0 Å². The lowest BCUT2D eigenvalue weighted by molar-refractivity contribution is 0.524. The van der Waals surface area contributed by atoms with Gasteiger partial charge in [0.05, 0.1) is 0 Å². The van der Waals surface area contributed by atoms with E-state index in [9.17, 15) is 4.79 Å². The maximum atomic E-state index is 11.5. The van der Waals surface area contributed by atoms with Gasteiger partial charge in [-0.05, 0) is 30.7 Å². The van der Waals surface area contributed by atoms with Crippen LogP contribution in [0.1, 0.15) is 18.5 Å². The Hall–Kier alpha value is -1.39. The van der Waals surface area contributed by atoms with E-state index in [2.05, 4.69) is 40.3 Å². The second kappa shape index (κ2) is 6.68. The highest BCUT2D eigenvalue weighted by Gasteiger charge is 2.04. The fourth-order valence-electron chi connectivity index (χ4n) is 1.92. The lowest BCUT2D eigenvalue weighted by atomic mass is 10.1. The number of aromatic nitrogens is 1. The van der Waals surface area contributed by atoms with E-state index >= 15 is 0 Å². The number of hydrogen-bond donors (Lipinski definition) is 1. The average molecular weight is 321 g/mol. The summed E-state index contributed by atoms with van der Waals surface area (Å²) in [5.74, 6) is 0. The molecular weight excluding hydrogens is 304 g/mol. The van der Waals surface area contributed by atoms with E-state index in [-0.39, 0.29) is 11.6 Å². The van der Waals surface area contributed by atoms with E-state index in [4.69, 9.17) is 0 Å². The summed E-state index contributed by atoms with van der Waals surface area (Å²) >= 11 is 3.43. The van der Waals surface area contributed by atoms with E-state index in [0.29, 0.717) is 6.54 Å². The molecule has 1 atom stereocenters. The third kappa shape index (κ3) is 4.04. The zero-order valence-corrected chi connectivity index (χ0v) is 12.4. The van der Waals surface area contributed by atoms with Crippen LogP contribution < -0.4 is 10.9 Å². The number of benzene rings is 1. The first-order valence-corrected chi connectivity index (χ1v) is 7.10. The maximum absolute atomic E-state index is 11.5. The van der Waals surface area contributed by atoms with Crippen molar-refractivity contribution in [3.05, 3.63) is 69.1 Å². The molecule has 4 heteroatoms. The number of rotatable bonds is 5. The molecule has 0 aliphatic carbocycles. The summed E-state index contributed by atoms with van der Waals surface area (Å²) in [6, 6.07) is 13.7. The molecule has 0 bridgehead atoms. The van der Waals surface area contributed by atoms with Crippen molar-refractivity contribution in [1.82, 2.24) is 9.88 Å². The van der Waals surface area contributed by atoms with Gasteiger partial charge in [-0.25, -0.2) is 0 Å². The van der Waals surface area contributed by atoms with Crippen molar-refractivity contribution >= 4 is 15.9 Å². The molecule has 2 aromatic rings. The predicted molar refractivity (Wildman–Crippen MR) is 81.3 cm³/mol. The number of hydrogen-bond acceptors (Lipinski definition) is 2. The lowest BCUT2D eigenvalue weighted by Gasteiger charge is -2.15.